The summed E-state index contributed by atoms with van der Waals surface area (Å²) in [6.45, 7) is 5.50. The SMILES string of the molecule is CC12CCC(C(=O)N(CC#N)CC#N)(c3nc(C#N)c(C#N)nc31)C2(C)C. The maximum atomic E-state index is 13.6. The van der Waals surface area contributed by atoms with Gasteiger partial charge in [-0.2, -0.15) is 21.0 Å². The van der Waals surface area contributed by atoms with E-state index >= 15 is 0 Å². The van der Waals surface area contributed by atoms with Crippen LogP contribution in [0.3, 0.4) is 0 Å². The summed E-state index contributed by atoms with van der Waals surface area (Å²) in [5.74, 6) is -0.346. The van der Waals surface area contributed by atoms with Gasteiger partial charge in [0.15, 0.2) is 11.4 Å². The van der Waals surface area contributed by atoms with E-state index < -0.39 is 16.2 Å². The van der Waals surface area contributed by atoms with E-state index in [0.717, 1.165) is 0 Å². The number of rotatable bonds is 3. The van der Waals surface area contributed by atoms with E-state index in [2.05, 4.69) is 9.97 Å². The molecule has 2 aliphatic rings. The summed E-state index contributed by atoms with van der Waals surface area (Å²) in [6.07, 6.45) is 1.15. The van der Waals surface area contributed by atoms with E-state index in [1.807, 2.05) is 45.0 Å². The van der Waals surface area contributed by atoms with E-state index in [4.69, 9.17) is 10.5 Å². The number of fused-ring (bicyclic) bond motifs is 5. The van der Waals surface area contributed by atoms with Gasteiger partial charge >= 0.3 is 0 Å². The Kier molecular flexibility index (Phi) is 3.91. The molecule has 2 bridgehead atoms. The number of hydrogen-bond acceptors (Lipinski definition) is 7. The fraction of sp³-hybridized carbons (Fsp3) is 0.526. The Morgan fingerprint density at radius 1 is 0.963 bits per heavy atom. The number of nitrogens with zero attached hydrogens (tertiary/aromatic N) is 7. The second kappa shape index (κ2) is 5.76. The van der Waals surface area contributed by atoms with Gasteiger partial charge in [-0.05, 0) is 18.3 Å². The number of hydrogen-bond donors (Lipinski definition) is 0. The van der Waals surface area contributed by atoms with Gasteiger partial charge in [0.2, 0.25) is 5.91 Å². The monoisotopic (exact) mass is 359 g/mol. The number of amides is 1. The molecule has 0 aromatic carbocycles. The molecule has 1 amide bonds. The third kappa shape index (κ3) is 1.96. The van der Waals surface area contributed by atoms with Crippen LogP contribution in [-0.4, -0.2) is 33.9 Å². The molecule has 0 aliphatic heterocycles. The number of carbonyl (C=O) groups excluding carboxylic acids is 1. The molecule has 1 heterocycles. The van der Waals surface area contributed by atoms with Crippen molar-refractivity contribution in [3.8, 4) is 24.3 Å². The second-order valence-electron chi connectivity index (χ2n) is 7.68. The molecule has 2 atom stereocenters. The molecule has 1 aromatic heterocycles. The maximum absolute atomic E-state index is 13.6. The van der Waals surface area contributed by atoms with Gasteiger partial charge in [0.25, 0.3) is 0 Å². The summed E-state index contributed by atoms with van der Waals surface area (Å²) < 4.78 is 0. The van der Waals surface area contributed by atoms with E-state index in [1.54, 1.807) is 0 Å². The molecule has 3 rings (SSSR count). The van der Waals surface area contributed by atoms with E-state index in [9.17, 15) is 15.3 Å². The average Bonchev–Trinajstić information content (AvgIpc) is 2.95. The summed E-state index contributed by atoms with van der Waals surface area (Å²) in [4.78, 5) is 23.6. The van der Waals surface area contributed by atoms with Crippen LogP contribution < -0.4 is 0 Å². The molecule has 0 N–H and O–H groups in total. The van der Waals surface area contributed by atoms with Crippen LogP contribution in [0, 0.1) is 50.7 Å². The lowest BCUT2D eigenvalue weighted by atomic mass is 9.63. The van der Waals surface area contributed by atoms with Crippen LogP contribution in [-0.2, 0) is 15.6 Å². The van der Waals surface area contributed by atoms with Gasteiger partial charge in [-0.25, -0.2) is 9.97 Å². The van der Waals surface area contributed by atoms with Crippen molar-refractivity contribution in [2.24, 2.45) is 5.41 Å². The molecule has 0 spiro atoms. The molecule has 27 heavy (non-hydrogen) atoms. The first-order valence-corrected chi connectivity index (χ1v) is 8.51. The molecular weight excluding hydrogens is 342 g/mol. The standard InChI is InChI=1S/C19H17N7O/c1-17(2)18(3)4-5-19(17,16(27)26(8-6-20)9-7-21)15-14(18)24-12(10-22)13(11-23)25-15/h4-5,8-9H2,1-3H3. The highest BCUT2D eigenvalue weighted by Gasteiger charge is 2.73. The topological polar surface area (TPSA) is 141 Å². The molecular formula is C19H17N7O. The largest absolute Gasteiger partial charge is 0.315 e. The van der Waals surface area contributed by atoms with Crippen molar-refractivity contribution in [3.05, 3.63) is 22.8 Å². The van der Waals surface area contributed by atoms with E-state index in [-0.39, 0.29) is 30.4 Å². The highest BCUT2D eigenvalue weighted by atomic mass is 16.2. The molecule has 8 nitrogen and oxygen atoms in total. The molecule has 1 fully saturated rings. The normalized spacial score (nSPS) is 26.2. The lowest BCUT2D eigenvalue weighted by molar-refractivity contribution is -0.140. The molecule has 2 unspecified atom stereocenters. The first kappa shape index (κ1) is 18.3. The number of nitriles is 4. The maximum Gasteiger partial charge on any atom is 0.237 e. The third-order valence-corrected chi connectivity index (χ3v) is 6.66. The fourth-order valence-corrected chi connectivity index (χ4v) is 4.75. The molecule has 1 saturated carbocycles. The minimum atomic E-state index is -1.09. The molecule has 2 aliphatic carbocycles. The summed E-state index contributed by atoms with van der Waals surface area (Å²) in [7, 11) is 0. The molecule has 0 radical (unpaired) electrons. The molecule has 8 heteroatoms. The van der Waals surface area contributed by atoms with Crippen molar-refractivity contribution < 1.29 is 4.79 Å². The van der Waals surface area contributed by atoms with Gasteiger partial charge in [0.1, 0.15) is 25.2 Å². The van der Waals surface area contributed by atoms with Crippen LogP contribution in [0.2, 0.25) is 0 Å². The summed E-state index contributed by atoms with van der Waals surface area (Å²) in [6, 6.07) is 7.67. The van der Waals surface area contributed by atoms with Gasteiger partial charge in [-0.15, -0.1) is 0 Å². The predicted octanol–water partition coefficient (Wildman–Crippen LogP) is 1.42. The van der Waals surface area contributed by atoms with Crippen LogP contribution in [0.4, 0.5) is 0 Å². The van der Waals surface area contributed by atoms with Gasteiger partial charge in [0.05, 0.1) is 28.9 Å². The van der Waals surface area contributed by atoms with Crippen molar-refractivity contribution >= 4 is 5.91 Å². The summed E-state index contributed by atoms with van der Waals surface area (Å²) >= 11 is 0. The highest BCUT2D eigenvalue weighted by Crippen LogP contribution is 2.70. The van der Waals surface area contributed by atoms with Crippen molar-refractivity contribution in [3.63, 3.8) is 0 Å². The number of carbonyl (C=O) groups is 1. The second-order valence-corrected chi connectivity index (χ2v) is 7.68. The Morgan fingerprint density at radius 3 is 1.96 bits per heavy atom. The smallest absolute Gasteiger partial charge is 0.237 e. The van der Waals surface area contributed by atoms with E-state index in [0.29, 0.717) is 24.2 Å². The van der Waals surface area contributed by atoms with Crippen LogP contribution >= 0.6 is 0 Å². The minimum Gasteiger partial charge on any atom is -0.315 e. The Balaban J connectivity index is 2.31. The predicted molar refractivity (Wildman–Crippen MR) is 91.3 cm³/mol. The van der Waals surface area contributed by atoms with Crippen LogP contribution in [0.5, 0.6) is 0 Å². The first-order valence-electron chi connectivity index (χ1n) is 8.51. The quantitative estimate of drug-likeness (QED) is 0.743. The molecule has 1 aromatic rings. The zero-order chi connectivity index (χ0) is 20.0. The van der Waals surface area contributed by atoms with Crippen molar-refractivity contribution in [2.45, 2.75) is 44.4 Å². The number of aromatic nitrogens is 2. The van der Waals surface area contributed by atoms with Gasteiger partial charge in [-0.1, -0.05) is 20.8 Å². The lowest BCUT2D eigenvalue weighted by Crippen LogP contribution is -2.53. The van der Waals surface area contributed by atoms with Crippen molar-refractivity contribution in [1.82, 2.24) is 14.9 Å². The van der Waals surface area contributed by atoms with E-state index in [1.165, 1.54) is 4.90 Å². The van der Waals surface area contributed by atoms with Crippen LogP contribution in [0.1, 0.15) is 56.4 Å². The van der Waals surface area contributed by atoms with Gasteiger partial charge in [0, 0.05) is 5.41 Å². The first-order chi connectivity index (χ1) is 12.7. The Labute approximate surface area is 157 Å². The van der Waals surface area contributed by atoms with Gasteiger partial charge < -0.3 is 4.90 Å². The Morgan fingerprint density at radius 2 is 1.48 bits per heavy atom. The highest BCUT2D eigenvalue weighted by molar-refractivity contribution is 5.92. The Bertz CT molecular complexity index is 1000. The van der Waals surface area contributed by atoms with Crippen LogP contribution in [0.15, 0.2) is 0 Å². The summed E-state index contributed by atoms with van der Waals surface area (Å²) in [5, 5.41) is 36.9. The molecule has 0 saturated heterocycles. The van der Waals surface area contributed by atoms with Crippen LogP contribution in [0.25, 0.3) is 0 Å². The average molecular weight is 359 g/mol. The third-order valence-electron chi connectivity index (χ3n) is 6.66. The zero-order valence-corrected chi connectivity index (χ0v) is 15.4. The minimum absolute atomic E-state index is 0.0469. The van der Waals surface area contributed by atoms with Gasteiger partial charge in [-0.3, -0.25) is 4.79 Å². The van der Waals surface area contributed by atoms with Crippen molar-refractivity contribution in [1.29, 1.82) is 21.0 Å². The van der Waals surface area contributed by atoms with Crippen molar-refractivity contribution in [2.75, 3.05) is 13.1 Å². The lowest BCUT2D eigenvalue weighted by Gasteiger charge is -2.41. The zero-order valence-electron chi connectivity index (χ0n) is 15.4. The summed E-state index contributed by atoms with van der Waals surface area (Å²) in [5.41, 5.74) is -1.38. The Hall–Kier alpha value is -3.49. The molecule has 134 valence electrons. The fourth-order valence-electron chi connectivity index (χ4n) is 4.75.